The van der Waals surface area contributed by atoms with Crippen LogP contribution in [-0.2, 0) is 0 Å². The minimum Gasteiger partial charge on any atom is -0.356 e. The molecule has 0 aliphatic heterocycles. The van der Waals surface area contributed by atoms with E-state index in [1.54, 1.807) is 0 Å². The molecular formula is C48H37N3. The van der Waals surface area contributed by atoms with Crippen molar-refractivity contribution in [1.29, 1.82) is 0 Å². The fourth-order valence-corrected chi connectivity index (χ4v) is 6.51. The Morgan fingerprint density at radius 1 is 0.235 bits per heavy atom. The predicted octanol–water partition coefficient (Wildman–Crippen LogP) is 13.7. The summed E-state index contributed by atoms with van der Waals surface area (Å²) in [4.78, 5) is 4.60. The lowest BCUT2D eigenvalue weighted by Gasteiger charge is -2.26. The highest BCUT2D eigenvalue weighted by Gasteiger charge is 2.15. The van der Waals surface area contributed by atoms with E-state index in [2.05, 4.69) is 234 Å². The SMILES string of the molecule is c1ccc(-c2cccc(N(c3ccccc3)c3ccc(Nc4ccc(N(c5ccccc5)c5cccc(-c6ccccc6)c5)cc4)cc3)c2)cc1. The standard InChI is InChI=1S/C48H37N3/c1-5-15-37(16-6-1)39-19-13-25-47(35-39)50(43-21-9-3-10-22-43)45-31-27-41(28-32-45)49-42-29-33-46(34-30-42)51(44-23-11-4-12-24-44)48-26-14-20-40(36-48)38-17-7-2-8-18-38/h1-36,49H. The lowest BCUT2D eigenvalue weighted by molar-refractivity contribution is 1.28. The second kappa shape index (κ2) is 14.7. The summed E-state index contributed by atoms with van der Waals surface area (Å²) in [6.45, 7) is 0. The largest absolute Gasteiger partial charge is 0.356 e. The van der Waals surface area contributed by atoms with Crippen LogP contribution in [0.1, 0.15) is 0 Å². The van der Waals surface area contributed by atoms with Gasteiger partial charge in [0.2, 0.25) is 0 Å². The second-order valence-corrected chi connectivity index (χ2v) is 12.4. The number of nitrogens with zero attached hydrogens (tertiary/aromatic N) is 2. The molecule has 3 heteroatoms. The van der Waals surface area contributed by atoms with Gasteiger partial charge in [0.15, 0.2) is 0 Å². The number of benzene rings is 8. The van der Waals surface area contributed by atoms with Crippen molar-refractivity contribution in [2.24, 2.45) is 0 Å². The molecular weight excluding hydrogens is 619 g/mol. The van der Waals surface area contributed by atoms with E-state index in [1.807, 2.05) is 0 Å². The molecule has 244 valence electrons. The van der Waals surface area contributed by atoms with Crippen molar-refractivity contribution in [3.63, 3.8) is 0 Å². The van der Waals surface area contributed by atoms with Gasteiger partial charge in [-0.25, -0.2) is 0 Å². The van der Waals surface area contributed by atoms with Gasteiger partial charge in [-0.05, 0) is 119 Å². The predicted molar refractivity (Wildman–Crippen MR) is 216 cm³/mol. The number of para-hydroxylation sites is 2. The lowest BCUT2D eigenvalue weighted by Crippen LogP contribution is -2.10. The minimum absolute atomic E-state index is 1.02. The normalized spacial score (nSPS) is 10.7. The molecule has 0 aromatic heterocycles. The maximum absolute atomic E-state index is 3.62. The van der Waals surface area contributed by atoms with E-state index in [-0.39, 0.29) is 0 Å². The molecule has 8 rings (SSSR count). The van der Waals surface area contributed by atoms with E-state index < -0.39 is 0 Å². The van der Waals surface area contributed by atoms with Crippen LogP contribution in [0.5, 0.6) is 0 Å². The minimum atomic E-state index is 1.02. The Labute approximate surface area is 300 Å². The average Bonchev–Trinajstić information content (AvgIpc) is 3.21. The van der Waals surface area contributed by atoms with Crippen LogP contribution in [0.4, 0.5) is 45.5 Å². The second-order valence-electron chi connectivity index (χ2n) is 12.4. The van der Waals surface area contributed by atoms with Crippen molar-refractivity contribution in [2.75, 3.05) is 15.1 Å². The van der Waals surface area contributed by atoms with Crippen LogP contribution in [0.15, 0.2) is 218 Å². The molecule has 1 N–H and O–H groups in total. The molecule has 0 aliphatic rings. The molecule has 0 radical (unpaired) electrons. The van der Waals surface area contributed by atoms with Gasteiger partial charge in [-0.15, -0.1) is 0 Å². The Morgan fingerprint density at radius 2 is 0.529 bits per heavy atom. The first-order valence-electron chi connectivity index (χ1n) is 17.3. The van der Waals surface area contributed by atoms with E-state index in [4.69, 9.17) is 0 Å². The van der Waals surface area contributed by atoms with Crippen molar-refractivity contribution < 1.29 is 0 Å². The highest BCUT2D eigenvalue weighted by atomic mass is 15.1. The molecule has 0 spiro atoms. The van der Waals surface area contributed by atoms with Gasteiger partial charge in [-0.3, -0.25) is 0 Å². The summed E-state index contributed by atoms with van der Waals surface area (Å²) in [6, 6.07) is 76.9. The first-order chi connectivity index (χ1) is 25.3. The Morgan fingerprint density at radius 3 is 0.902 bits per heavy atom. The van der Waals surface area contributed by atoms with Crippen molar-refractivity contribution in [3.8, 4) is 22.3 Å². The van der Waals surface area contributed by atoms with Crippen molar-refractivity contribution >= 4 is 45.5 Å². The molecule has 0 unspecified atom stereocenters. The fourth-order valence-electron chi connectivity index (χ4n) is 6.51. The number of anilines is 8. The topological polar surface area (TPSA) is 18.5 Å². The van der Waals surface area contributed by atoms with Gasteiger partial charge in [0.05, 0.1) is 0 Å². The van der Waals surface area contributed by atoms with Gasteiger partial charge in [-0.2, -0.15) is 0 Å². The molecule has 0 heterocycles. The third-order valence-corrected chi connectivity index (χ3v) is 8.99. The molecule has 8 aromatic carbocycles. The summed E-state index contributed by atoms with van der Waals surface area (Å²) >= 11 is 0. The van der Waals surface area contributed by atoms with Gasteiger partial charge < -0.3 is 15.1 Å². The zero-order valence-corrected chi connectivity index (χ0v) is 28.2. The van der Waals surface area contributed by atoms with Crippen LogP contribution in [0.2, 0.25) is 0 Å². The summed E-state index contributed by atoms with van der Waals surface area (Å²) in [6.07, 6.45) is 0. The summed E-state index contributed by atoms with van der Waals surface area (Å²) < 4.78 is 0. The highest BCUT2D eigenvalue weighted by molar-refractivity contribution is 5.82. The number of nitrogens with one attached hydrogen (secondary N) is 1. The van der Waals surface area contributed by atoms with Gasteiger partial charge in [0.25, 0.3) is 0 Å². The number of hydrogen-bond acceptors (Lipinski definition) is 3. The first-order valence-corrected chi connectivity index (χ1v) is 17.3. The molecule has 0 fully saturated rings. The van der Waals surface area contributed by atoms with Crippen molar-refractivity contribution in [2.45, 2.75) is 0 Å². The maximum Gasteiger partial charge on any atom is 0.0467 e. The van der Waals surface area contributed by atoms with E-state index in [9.17, 15) is 0 Å². The molecule has 51 heavy (non-hydrogen) atoms. The van der Waals surface area contributed by atoms with Crippen LogP contribution in [0, 0.1) is 0 Å². The highest BCUT2D eigenvalue weighted by Crippen LogP contribution is 2.39. The van der Waals surface area contributed by atoms with E-state index in [1.165, 1.54) is 22.3 Å². The molecule has 0 bridgehead atoms. The van der Waals surface area contributed by atoms with E-state index in [0.29, 0.717) is 0 Å². The molecule has 0 saturated heterocycles. The van der Waals surface area contributed by atoms with Gasteiger partial charge in [0, 0.05) is 45.5 Å². The Kier molecular flexibility index (Phi) is 9.08. The van der Waals surface area contributed by atoms with Crippen molar-refractivity contribution in [3.05, 3.63) is 218 Å². The molecule has 3 nitrogen and oxygen atoms in total. The third-order valence-electron chi connectivity index (χ3n) is 8.99. The van der Waals surface area contributed by atoms with E-state index in [0.717, 1.165) is 45.5 Å². The van der Waals surface area contributed by atoms with Crippen LogP contribution in [0.3, 0.4) is 0 Å². The zero-order chi connectivity index (χ0) is 34.2. The zero-order valence-electron chi connectivity index (χ0n) is 28.2. The molecule has 8 aromatic rings. The van der Waals surface area contributed by atoms with Crippen LogP contribution < -0.4 is 15.1 Å². The smallest absolute Gasteiger partial charge is 0.0467 e. The molecule has 0 atom stereocenters. The van der Waals surface area contributed by atoms with Gasteiger partial charge in [-0.1, -0.05) is 121 Å². The summed E-state index contributed by atoms with van der Waals surface area (Å²) in [5.74, 6) is 0. The maximum atomic E-state index is 3.62. The lowest BCUT2D eigenvalue weighted by atomic mass is 10.0. The molecule has 0 aliphatic carbocycles. The summed E-state index contributed by atoms with van der Waals surface area (Å²) in [5, 5.41) is 3.62. The Hall–Kier alpha value is -6.84. The number of hydrogen-bond donors (Lipinski definition) is 1. The van der Waals surface area contributed by atoms with Crippen LogP contribution in [-0.4, -0.2) is 0 Å². The molecule has 0 amide bonds. The summed E-state index contributed by atoms with van der Waals surface area (Å²) in [5.41, 5.74) is 13.4. The van der Waals surface area contributed by atoms with E-state index >= 15 is 0 Å². The Bertz CT molecular complexity index is 2140. The van der Waals surface area contributed by atoms with Crippen molar-refractivity contribution in [1.82, 2.24) is 0 Å². The molecule has 0 saturated carbocycles. The third kappa shape index (κ3) is 7.15. The average molecular weight is 656 g/mol. The van der Waals surface area contributed by atoms with Gasteiger partial charge >= 0.3 is 0 Å². The van der Waals surface area contributed by atoms with Gasteiger partial charge in [0.1, 0.15) is 0 Å². The van der Waals surface area contributed by atoms with Crippen LogP contribution >= 0.6 is 0 Å². The summed E-state index contributed by atoms with van der Waals surface area (Å²) in [7, 11) is 0. The quantitative estimate of drug-likeness (QED) is 0.158. The monoisotopic (exact) mass is 655 g/mol. The Balaban J connectivity index is 1.06. The number of rotatable bonds is 10. The first kappa shape index (κ1) is 31.4. The fraction of sp³-hybridized carbons (Fsp3) is 0. The van der Waals surface area contributed by atoms with Crippen LogP contribution in [0.25, 0.3) is 22.3 Å².